The summed E-state index contributed by atoms with van der Waals surface area (Å²) in [5.41, 5.74) is 3.66. The Hall–Kier alpha value is -2.36. The van der Waals surface area contributed by atoms with Gasteiger partial charge in [0.05, 0.1) is 16.4 Å². The van der Waals surface area contributed by atoms with Crippen LogP contribution in [0.1, 0.15) is 16.7 Å². The summed E-state index contributed by atoms with van der Waals surface area (Å²) >= 11 is 1.16. The highest BCUT2D eigenvalue weighted by Crippen LogP contribution is 2.19. The fraction of sp³-hybridized carbons (Fsp3) is 0.263. The zero-order valence-electron chi connectivity index (χ0n) is 15.9. The first-order valence-electron chi connectivity index (χ1n) is 8.44. The lowest BCUT2D eigenvalue weighted by Crippen LogP contribution is -2.19. The number of hydrogen-bond donors (Lipinski definition) is 3. The summed E-state index contributed by atoms with van der Waals surface area (Å²) in [6.45, 7) is 5.52. The number of anilines is 2. The molecule has 2 aromatic rings. The van der Waals surface area contributed by atoms with E-state index >= 15 is 0 Å². The molecule has 0 saturated carbocycles. The molecule has 0 aliphatic heterocycles. The number of amides is 2. The van der Waals surface area contributed by atoms with Crippen molar-refractivity contribution in [3.05, 3.63) is 53.1 Å². The van der Waals surface area contributed by atoms with Crippen LogP contribution in [0, 0.1) is 20.8 Å². The average Bonchev–Trinajstić information content (AvgIpc) is 2.58. The van der Waals surface area contributed by atoms with E-state index in [2.05, 4.69) is 10.6 Å². The third kappa shape index (κ3) is 6.36. The van der Waals surface area contributed by atoms with Crippen LogP contribution in [0.4, 0.5) is 11.4 Å². The Morgan fingerprint density at radius 2 is 1.57 bits per heavy atom. The molecule has 0 heterocycles. The molecule has 150 valence electrons. The number of hydrogen-bond acceptors (Lipinski definition) is 5. The van der Waals surface area contributed by atoms with Crippen LogP contribution in [-0.4, -0.2) is 31.7 Å². The third-order valence-corrected chi connectivity index (χ3v) is 5.89. The van der Waals surface area contributed by atoms with Crippen LogP contribution >= 0.6 is 11.8 Å². The summed E-state index contributed by atoms with van der Waals surface area (Å²) in [4.78, 5) is 24.0. The van der Waals surface area contributed by atoms with E-state index in [4.69, 9.17) is 5.14 Å². The number of aryl methyl sites for hydroxylation is 3. The Bertz CT molecular complexity index is 1000. The first-order chi connectivity index (χ1) is 13.1. The standard InChI is InChI=1S/C19H23N3O4S2/c1-12-4-7-16(14(3)8-12)22-19(24)11-27-10-18(23)21-15-6-5-13(2)17(9-15)28(20,25)26/h4-9H,10-11H2,1-3H3,(H,21,23)(H,22,24)(H2,20,25,26). The van der Waals surface area contributed by atoms with E-state index in [0.29, 0.717) is 11.3 Å². The molecule has 0 fully saturated rings. The normalized spacial score (nSPS) is 11.1. The molecular weight excluding hydrogens is 398 g/mol. The van der Waals surface area contributed by atoms with Crippen molar-refractivity contribution in [2.45, 2.75) is 25.7 Å². The van der Waals surface area contributed by atoms with Crippen LogP contribution < -0.4 is 15.8 Å². The molecule has 0 unspecified atom stereocenters. The van der Waals surface area contributed by atoms with Crippen molar-refractivity contribution >= 4 is 45.0 Å². The molecule has 9 heteroatoms. The molecule has 2 aromatic carbocycles. The maximum atomic E-state index is 12.0. The van der Waals surface area contributed by atoms with Crippen LogP contribution in [0.3, 0.4) is 0 Å². The fourth-order valence-electron chi connectivity index (χ4n) is 2.56. The molecule has 4 N–H and O–H groups in total. The lowest BCUT2D eigenvalue weighted by Gasteiger charge is -2.10. The number of thioether (sulfide) groups is 1. The Kier molecular flexibility index (Phi) is 7.22. The smallest absolute Gasteiger partial charge is 0.238 e. The van der Waals surface area contributed by atoms with Crippen molar-refractivity contribution in [3.8, 4) is 0 Å². The molecule has 28 heavy (non-hydrogen) atoms. The highest BCUT2D eigenvalue weighted by atomic mass is 32.2. The molecule has 0 aromatic heterocycles. The van der Waals surface area contributed by atoms with Gasteiger partial charge in [0.2, 0.25) is 21.8 Å². The van der Waals surface area contributed by atoms with Gasteiger partial charge in [-0.05, 0) is 50.1 Å². The minimum atomic E-state index is -3.87. The molecule has 0 aliphatic carbocycles. The minimum absolute atomic E-state index is 0.0363. The van der Waals surface area contributed by atoms with Gasteiger partial charge in [0.15, 0.2) is 0 Å². The van der Waals surface area contributed by atoms with Crippen molar-refractivity contribution in [1.29, 1.82) is 0 Å². The van der Waals surface area contributed by atoms with E-state index in [1.165, 1.54) is 6.07 Å². The van der Waals surface area contributed by atoms with Gasteiger partial charge in [-0.1, -0.05) is 23.8 Å². The van der Waals surface area contributed by atoms with Crippen molar-refractivity contribution in [3.63, 3.8) is 0 Å². The van der Waals surface area contributed by atoms with Crippen molar-refractivity contribution < 1.29 is 18.0 Å². The lowest BCUT2D eigenvalue weighted by molar-refractivity contribution is -0.114. The van der Waals surface area contributed by atoms with E-state index < -0.39 is 10.0 Å². The quantitative estimate of drug-likeness (QED) is 0.635. The molecule has 7 nitrogen and oxygen atoms in total. The van der Waals surface area contributed by atoms with Gasteiger partial charge in [-0.3, -0.25) is 9.59 Å². The molecule has 0 aliphatic rings. The number of benzene rings is 2. The van der Waals surface area contributed by atoms with Gasteiger partial charge < -0.3 is 10.6 Å². The van der Waals surface area contributed by atoms with Crippen LogP contribution in [0.25, 0.3) is 0 Å². The van der Waals surface area contributed by atoms with Crippen molar-refractivity contribution in [2.24, 2.45) is 5.14 Å². The number of primary sulfonamides is 1. The molecule has 0 spiro atoms. The molecule has 2 rings (SSSR count). The van der Waals surface area contributed by atoms with Crippen molar-refractivity contribution in [2.75, 3.05) is 22.1 Å². The third-order valence-electron chi connectivity index (χ3n) is 3.90. The minimum Gasteiger partial charge on any atom is -0.325 e. The zero-order valence-corrected chi connectivity index (χ0v) is 17.5. The van der Waals surface area contributed by atoms with Gasteiger partial charge in [-0.2, -0.15) is 0 Å². The predicted molar refractivity (Wildman–Crippen MR) is 113 cm³/mol. The molecule has 0 saturated heterocycles. The molecular formula is C19H23N3O4S2. The summed E-state index contributed by atoms with van der Waals surface area (Å²) in [5, 5.41) is 10.6. The van der Waals surface area contributed by atoms with Gasteiger partial charge in [0.25, 0.3) is 0 Å². The Morgan fingerprint density at radius 1 is 0.929 bits per heavy atom. The number of rotatable bonds is 7. The second-order valence-corrected chi connectivity index (χ2v) is 8.95. The zero-order chi connectivity index (χ0) is 20.9. The first kappa shape index (κ1) is 21.9. The fourth-order valence-corrected chi connectivity index (χ4v) is 3.98. The van der Waals surface area contributed by atoms with Gasteiger partial charge in [0, 0.05) is 11.4 Å². The molecule has 0 radical (unpaired) electrons. The highest BCUT2D eigenvalue weighted by molar-refractivity contribution is 8.00. The lowest BCUT2D eigenvalue weighted by atomic mass is 10.1. The van der Waals surface area contributed by atoms with E-state index in [-0.39, 0.29) is 28.2 Å². The van der Waals surface area contributed by atoms with Gasteiger partial charge in [-0.25, -0.2) is 13.6 Å². The summed E-state index contributed by atoms with van der Waals surface area (Å²) in [7, 11) is -3.87. The average molecular weight is 422 g/mol. The summed E-state index contributed by atoms with van der Waals surface area (Å²) in [6, 6.07) is 10.2. The van der Waals surface area contributed by atoms with Crippen LogP contribution in [0.5, 0.6) is 0 Å². The Morgan fingerprint density at radius 3 is 2.18 bits per heavy atom. The number of sulfonamides is 1. The molecule has 0 bridgehead atoms. The van der Waals surface area contributed by atoms with Gasteiger partial charge >= 0.3 is 0 Å². The monoisotopic (exact) mass is 421 g/mol. The summed E-state index contributed by atoms with van der Waals surface area (Å²) in [5.74, 6) is -0.360. The van der Waals surface area contributed by atoms with Crippen LogP contribution in [0.15, 0.2) is 41.3 Å². The van der Waals surface area contributed by atoms with Gasteiger partial charge in [-0.15, -0.1) is 11.8 Å². The highest BCUT2D eigenvalue weighted by Gasteiger charge is 2.13. The van der Waals surface area contributed by atoms with E-state index in [1.807, 2.05) is 32.0 Å². The summed E-state index contributed by atoms with van der Waals surface area (Å²) in [6.07, 6.45) is 0. The number of carbonyl (C=O) groups excluding carboxylic acids is 2. The largest absolute Gasteiger partial charge is 0.325 e. The number of nitrogens with one attached hydrogen (secondary N) is 2. The molecule has 2 amide bonds. The topological polar surface area (TPSA) is 118 Å². The second kappa shape index (κ2) is 9.22. The predicted octanol–water partition coefficient (Wildman–Crippen LogP) is 2.57. The SMILES string of the molecule is Cc1ccc(NC(=O)CSCC(=O)Nc2ccc(C)c(S(N)(=O)=O)c2)c(C)c1. The Balaban J connectivity index is 1.85. The first-order valence-corrected chi connectivity index (χ1v) is 11.1. The van der Waals surface area contributed by atoms with Crippen molar-refractivity contribution in [1.82, 2.24) is 0 Å². The number of nitrogens with two attached hydrogens (primary N) is 1. The number of carbonyl (C=O) groups is 2. The van der Waals surface area contributed by atoms with E-state index in [0.717, 1.165) is 28.6 Å². The van der Waals surface area contributed by atoms with E-state index in [9.17, 15) is 18.0 Å². The van der Waals surface area contributed by atoms with Gasteiger partial charge in [0.1, 0.15) is 0 Å². The molecule has 0 atom stereocenters. The maximum absolute atomic E-state index is 12.0. The maximum Gasteiger partial charge on any atom is 0.238 e. The van der Waals surface area contributed by atoms with E-state index in [1.54, 1.807) is 19.1 Å². The van der Waals surface area contributed by atoms with Crippen LogP contribution in [-0.2, 0) is 19.6 Å². The van der Waals surface area contributed by atoms with Crippen LogP contribution in [0.2, 0.25) is 0 Å². The Labute approximate surface area is 169 Å². The summed E-state index contributed by atoms with van der Waals surface area (Å²) < 4.78 is 23.1. The second-order valence-electron chi connectivity index (χ2n) is 6.43.